The number of aryl methyl sites for hydroxylation is 1. The molecule has 4 rings (SSSR count). The highest BCUT2D eigenvalue weighted by molar-refractivity contribution is 7.17. The molecule has 3 aromatic rings. The van der Waals surface area contributed by atoms with Crippen molar-refractivity contribution >= 4 is 23.1 Å². The van der Waals surface area contributed by atoms with E-state index in [4.69, 9.17) is 9.47 Å². The first-order chi connectivity index (χ1) is 14.6. The van der Waals surface area contributed by atoms with E-state index in [0.29, 0.717) is 29.5 Å². The van der Waals surface area contributed by atoms with Crippen molar-refractivity contribution in [2.45, 2.75) is 6.92 Å². The zero-order valence-electron chi connectivity index (χ0n) is 17.3. The van der Waals surface area contributed by atoms with Crippen LogP contribution < -0.4 is 14.4 Å². The average Bonchev–Trinajstić information content (AvgIpc) is 3.20. The first kappa shape index (κ1) is 20.2. The maximum Gasteiger partial charge on any atom is 0.265 e. The lowest BCUT2D eigenvalue weighted by molar-refractivity contribution is 0.0750. The molecule has 1 aliphatic rings. The van der Waals surface area contributed by atoms with Crippen molar-refractivity contribution in [2.75, 3.05) is 45.3 Å². The summed E-state index contributed by atoms with van der Waals surface area (Å²) in [5.74, 6) is 2.30. The number of pyridine rings is 1. The summed E-state index contributed by atoms with van der Waals surface area (Å²) in [4.78, 5) is 27.0. The number of anilines is 1. The molecule has 0 atom stereocenters. The molecule has 0 radical (unpaired) electrons. The fraction of sp³-hybridized carbons (Fsp3) is 0.318. The Kier molecular flexibility index (Phi) is 5.85. The van der Waals surface area contributed by atoms with E-state index in [9.17, 15) is 4.79 Å². The monoisotopic (exact) mass is 424 g/mol. The molecule has 2 aromatic heterocycles. The molecule has 0 unspecified atom stereocenters. The standard InChI is InChI=1S/C22H24N4O3S/c1-15-20(30-21(24-15)16-7-8-17(28-2)18(14-16)29-3)22(27)26-12-10-25(11-13-26)19-6-4-5-9-23-19/h4-9,14H,10-13H2,1-3H3. The van der Waals surface area contributed by atoms with Crippen LogP contribution in [-0.2, 0) is 0 Å². The van der Waals surface area contributed by atoms with Crippen LogP contribution in [0.15, 0.2) is 42.6 Å². The topological polar surface area (TPSA) is 67.8 Å². The second-order valence-corrected chi connectivity index (χ2v) is 7.97. The summed E-state index contributed by atoms with van der Waals surface area (Å²) < 4.78 is 10.7. The third-order valence-corrected chi connectivity index (χ3v) is 6.36. The molecule has 156 valence electrons. The van der Waals surface area contributed by atoms with E-state index in [1.54, 1.807) is 20.4 Å². The molecule has 3 heterocycles. The van der Waals surface area contributed by atoms with Crippen molar-refractivity contribution in [1.82, 2.24) is 14.9 Å². The molecule has 1 aliphatic heterocycles. The number of hydrogen-bond donors (Lipinski definition) is 0. The maximum absolute atomic E-state index is 13.1. The smallest absolute Gasteiger partial charge is 0.265 e. The summed E-state index contributed by atoms with van der Waals surface area (Å²) in [5, 5.41) is 0.795. The molecule has 1 aromatic carbocycles. The van der Waals surface area contributed by atoms with E-state index < -0.39 is 0 Å². The molecule has 7 nitrogen and oxygen atoms in total. The summed E-state index contributed by atoms with van der Waals surface area (Å²) in [6, 6.07) is 11.6. The average molecular weight is 425 g/mol. The number of benzene rings is 1. The van der Waals surface area contributed by atoms with Crippen LogP contribution in [-0.4, -0.2) is 61.2 Å². The zero-order chi connectivity index (χ0) is 21.1. The van der Waals surface area contributed by atoms with Crippen molar-refractivity contribution in [1.29, 1.82) is 0 Å². The molecule has 0 saturated carbocycles. The Labute approximate surface area is 179 Å². The number of methoxy groups -OCH3 is 2. The highest BCUT2D eigenvalue weighted by Gasteiger charge is 2.26. The number of carbonyl (C=O) groups is 1. The van der Waals surface area contributed by atoms with Gasteiger partial charge >= 0.3 is 0 Å². The minimum absolute atomic E-state index is 0.0393. The summed E-state index contributed by atoms with van der Waals surface area (Å²) in [7, 11) is 3.21. The molecular formula is C22H24N4O3S. The first-order valence-electron chi connectivity index (χ1n) is 9.75. The predicted octanol–water partition coefficient (Wildman–Crippen LogP) is 3.49. The molecule has 0 N–H and O–H groups in total. The SMILES string of the molecule is COc1ccc(-c2nc(C)c(C(=O)N3CCN(c4ccccn4)CC3)s2)cc1OC. The van der Waals surface area contributed by atoms with Gasteiger partial charge in [0.15, 0.2) is 11.5 Å². The first-order valence-corrected chi connectivity index (χ1v) is 10.6. The molecule has 1 fully saturated rings. The van der Waals surface area contributed by atoms with Crippen molar-refractivity contribution < 1.29 is 14.3 Å². The van der Waals surface area contributed by atoms with Gasteiger partial charge in [-0.1, -0.05) is 6.07 Å². The van der Waals surface area contributed by atoms with E-state index in [2.05, 4.69) is 14.9 Å². The second kappa shape index (κ2) is 8.71. The Hall–Kier alpha value is -3.13. The molecule has 0 spiro atoms. The van der Waals surface area contributed by atoms with Gasteiger partial charge in [0, 0.05) is 37.9 Å². The van der Waals surface area contributed by atoms with Gasteiger partial charge in [-0.15, -0.1) is 11.3 Å². The van der Waals surface area contributed by atoms with Gasteiger partial charge in [-0.2, -0.15) is 0 Å². The number of aromatic nitrogens is 2. The number of ether oxygens (including phenoxy) is 2. The van der Waals surface area contributed by atoms with Crippen LogP contribution in [0.5, 0.6) is 11.5 Å². The normalized spacial score (nSPS) is 14.0. The highest BCUT2D eigenvalue weighted by Crippen LogP contribution is 2.35. The number of hydrogen-bond acceptors (Lipinski definition) is 7. The molecule has 1 amide bonds. The van der Waals surface area contributed by atoms with Gasteiger partial charge in [-0.3, -0.25) is 4.79 Å². The van der Waals surface area contributed by atoms with Crippen molar-refractivity contribution in [3.05, 3.63) is 53.2 Å². The van der Waals surface area contributed by atoms with Crippen molar-refractivity contribution in [2.24, 2.45) is 0 Å². The molecule has 0 aliphatic carbocycles. The molecule has 1 saturated heterocycles. The van der Waals surface area contributed by atoms with E-state index >= 15 is 0 Å². The Morgan fingerprint density at radius 1 is 1.03 bits per heavy atom. The van der Waals surface area contributed by atoms with E-state index in [-0.39, 0.29) is 5.91 Å². The highest BCUT2D eigenvalue weighted by atomic mass is 32.1. The summed E-state index contributed by atoms with van der Waals surface area (Å²) in [6.45, 7) is 4.75. The van der Waals surface area contributed by atoms with E-state index in [1.807, 2.05) is 48.2 Å². The largest absolute Gasteiger partial charge is 0.493 e. The van der Waals surface area contributed by atoms with Crippen LogP contribution in [0.4, 0.5) is 5.82 Å². The number of amides is 1. The molecular weight excluding hydrogens is 400 g/mol. The van der Waals surface area contributed by atoms with Crippen molar-refractivity contribution in [3.63, 3.8) is 0 Å². The Bertz CT molecular complexity index is 1030. The predicted molar refractivity (Wildman–Crippen MR) is 118 cm³/mol. The Morgan fingerprint density at radius 3 is 2.47 bits per heavy atom. The minimum atomic E-state index is 0.0393. The number of thiazole rings is 1. The molecule has 0 bridgehead atoms. The van der Waals surface area contributed by atoms with Gasteiger partial charge in [-0.25, -0.2) is 9.97 Å². The van der Waals surface area contributed by atoms with Crippen LogP contribution in [0.2, 0.25) is 0 Å². The van der Waals surface area contributed by atoms with E-state index in [1.165, 1.54) is 11.3 Å². The molecule has 8 heteroatoms. The van der Waals surface area contributed by atoms with Crippen LogP contribution in [0.1, 0.15) is 15.4 Å². The van der Waals surface area contributed by atoms with Gasteiger partial charge < -0.3 is 19.3 Å². The van der Waals surface area contributed by atoms with Crippen molar-refractivity contribution in [3.8, 4) is 22.1 Å². The number of piperazine rings is 1. The third kappa shape index (κ3) is 3.95. The molecule has 30 heavy (non-hydrogen) atoms. The van der Waals surface area contributed by atoms with Gasteiger partial charge in [0.1, 0.15) is 15.7 Å². The number of nitrogens with zero attached hydrogens (tertiary/aromatic N) is 4. The minimum Gasteiger partial charge on any atom is -0.493 e. The maximum atomic E-state index is 13.1. The van der Waals surface area contributed by atoms with Gasteiger partial charge in [-0.05, 0) is 37.3 Å². The Balaban J connectivity index is 1.49. The van der Waals surface area contributed by atoms with Gasteiger partial charge in [0.25, 0.3) is 5.91 Å². The quantitative estimate of drug-likeness (QED) is 0.625. The number of carbonyl (C=O) groups excluding carboxylic acids is 1. The fourth-order valence-electron chi connectivity index (χ4n) is 3.51. The lowest BCUT2D eigenvalue weighted by atomic mass is 10.2. The van der Waals surface area contributed by atoms with Crippen LogP contribution >= 0.6 is 11.3 Å². The van der Waals surface area contributed by atoms with Crippen LogP contribution in [0, 0.1) is 6.92 Å². The lowest BCUT2D eigenvalue weighted by Gasteiger charge is -2.35. The Morgan fingerprint density at radius 2 is 1.80 bits per heavy atom. The third-order valence-electron chi connectivity index (χ3n) is 5.16. The summed E-state index contributed by atoms with van der Waals surface area (Å²) in [5.41, 5.74) is 1.65. The second-order valence-electron chi connectivity index (χ2n) is 6.97. The fourth-order valence-corrected chi connectivity index (χ4v) is 4.54. The van der Waals surface area contributed by atoms with Gasteiger partial charge in [0.2, 0.25) is 0 Å². The zero-order valence-corrected chi connectivity index (χ0v) is 18.1. The lowest BCUT2D eigenvalue weighted by Crippen LogP contribution is -2.49. The van der Waals surface area contributed by atoms with Crippen LogP contribution in [0.25, 0.3) is 10.6 Å². The summed E-state index contributed by atoms with van der Waals surface area (Å²) in [6.07, 6.45) is 1.79. The number of rotatable bonds is 5. The van der Waals surface area contributed by atoms with E-state index in [0.717, 1.165) is 35.2 Å². The summed E-state index contributed by atoms with van der Waals surface area (Å²) >= 11 is 1.42. The van der Waals surface area contributed by atoms with Gasteiger partial charge in [0.05, 0.1) is 19.9 Å². The van der Waals surface area contributed by atoms with Crippen LogP contribution in [0.3, 0.4) is 0 Å².